The number of hydrazone groups is 1. The third-order valence-corrected chi connectivity index (χ3v) is 4.30. The number of aromatic nitrogens is 1. The Hall–Kier alpha value is -2.20. The second kappa shape index (κ2) is 7.38. The minimum atomic E-state index is 0.974. The van der Waals surface area contributed by atoms with Crippen LogP contribution in [-0.2, 0) is 6.54 Å². The predicted molar refractivity (Wildman–Crippen MR) is 94.6 cm³/mol. The first kappa shape index (κ1) is 15.7. The molecule has 2 heterocycles. The highest BCUT2D eigenvalue weighted by atomic mass is 15.5. The molecule has 2 aromatic rings. The molecule has 120 valence electrons. The van der Waals surface area contributed by atoms with Gasteiger partial charge in [-0.3, -0.25) is 14.9 Å². The molecular formula is C19H24N4. The van der Waals surface area contributed by atoms with Gasteiger partial charge in [0.15, 0.2) is 0 Å². The molecule has 23 heavy (non-hydrogen) atoms. The Morgan fingerprint density at radius 2 is 1.96 bits per heavy atom. The molecule has 1 aliphatic heterocycles. The maximum atomic E-state index is 4.57. The Morgan fingerprint density at radius 3 is 2.65 bits per heavy atom. The van der Waals surface area contributed by atoms with Crippen LogP contribution in [0.5, 0.6) is 0 Å². The summed E-state index contributed by atoms with van der Waals surface area (Å²) >= 11 is 0. The van der Waals surface area contributed by atoms with Gasteiger partial charge >= 0.3 is 0 Å². The van der Waals surface area contributed by atoms with Crippen LogP contribution in [0, 0.1) is 13.8 Å². The number of aryl methyl sites for hydroxylation is 2. The van der Waals surface area contributed by atoms with Crippen LogP contribution in [0.15, 0.2) is 47.8 Å². The van der Waals surface area contributed by atoms with Gasteiger partial charge in [0.2, 0.25) is 0 Å². The maximum Gasteiger partial charge on any atom is 0.0558 e. The fourth-order valence-electron chi connectivity index (χ4n) is 2.88. The van der Waals surface area contributed by atoms with Gasteiger partial charge in [-0.25, -0.2) is 0 Å². The van der Waals surface area contributed by atoms with Gasteiger partial charge < -0.3 is 0 Å². The van der Waals surface area contributed by atoms with E-state index in [2.05, 4.69) is 52.0 Å². The highest BCUT2D eigenvalue weighted by Gasteiger charge is 2.16. The summed E-state index contributed by atoms with van der Waals surface area (Å²) in [5.41, 5.74) is 5.20. The Bertz CT molecular complexity index is 658. The minimum absolute atomic E-state index is 0.974. The second-order valence-electron chi connectivity index (χ2n) is 6.19. The molecule has 0 radical (unpaired) electrons. The van der Waals surface area contributed by atoms with Gasteiger partial charge in [-0.2, -0.15) is 5.10 Å². The molecule has 1 saturated heterocycles. The lowest BCUT2D eigenvalue weighted by molar-refractivity contribution is 0.131. The van der Waals surface area contributed by atoms with E-state index in [1.165, 1.54) is 16.7 Å². The highest BCUT2D eigenvalue weighted by Crippen LogP contribution is 2.14. The van der Waals surface area contributed by atoms with Crippen LogP contribution in [0.25, 0.3) is 0 Å². The minimum Gasteiger partial charge on any atom is -0.295 e. The Labute approximate surface area is 138 Å². The number of pyridine rings is 1. The number of nitrogens with zero attached hydrogens (tertiary/aromatic N) is 4. The van der Waals surface area contributed by atoms with Crippen molar-refractivity contribution in [2.45, 2.75) is 20.4 Å². The molecule has 1 aliphatic rings. The number of rotatable bonds is 4. The molecule has 1 aromatic carbocycles. The van der Waals surface area contributed by atoms with Crippen LogP contribution in [0.1, 0.15) is 22.3 Å². The van der Waals surface area contributed by atoms with Gasteiger partial charge in [-0.15, -0.1) is 0 Å². The van der Waals surface area contributed by atoms with Crippen LogP contribution >= 0.6 is 0 Å². The van der Waals surface area contributed by atoms with E-state index in [0.717, 1.165) is 38.3 Å². The van der Waals surface area contributed by atoms with E-state index in [9.17, 15) is 0 Å². The quantitative estimate of drug-likeness (QED) is 0.814. The average Bonchev–Trinajstić information content (AvgIpc) is 2.58. The molecule has 0 aliphatic carbocycles. The number of hydrogen-bond acceptors (Lipinski definition) is 4. The van der Waals surface area contributed by atoms with Crippen molar-refractivity contribution >= 4 is 6.21 Å². The van der Waals surface area contributed by atoms with Crippen molar-refractivity contribution in [3.05, 3.63) is 65.0 Å². The molecule has 0 N–H and O–H groups in total. The summed E-state index contributed by atoms with van der Waals surface area (Å²) in [6, 6.07) is 10.7. The normalized spacial score (nSPS) is 16.2. The summed E-state index contributed by atoms with van der Waals surface area (Å²) < 4.78 is 0. The maximum absolute atomic E-state index is 4.57. The Kier molecular flexibility index (Phi) is 5.03. The van der Waals surface area contributed by atoms with E-state index < -0.39 is 0 Å². The van der Waals surface area contributed by atoms with E-state index >= 15 is 0 Å². The van der Waals surface area contributed by atoms with Crippen LogP contribution in [0.4, 0.5) is 0 Å². The van der Waals surface area contributed by atoms with Gasteiger partial charge in [0.05, 0.1) is 6.21 Å². The van der Waals surface area contributed by atoms with Gasteiger partial charge in [0.1, 0.15) is 0 Å². The van der Waals surface area contributed by atoms with Crippen molar-refractivity contribution in [3.8, 4) is 0 Å². The largest absolute Gasteiger partial charge is 0.295 e. The molecule has 1 aromatic heterocycles. The topological polar surface area (TPSA) is 31.7 Å². The Balaban J connectivity index is 1.51. The first-order valence-electron chi connectivity index (χ1n) is 8.18. The lowest BCUT2D eigenvalue weighted by Gasteiger charge is -2.33. The number of piperazine rings is 1. The average molecular weight is 308 g/mol. The summed E-state index contributed by atoms with van der Waals surface area (Å²) in [6.45, 7) is 9.44. The Morgan fingerprint density at radius 1 is 1.13 bits per heavy atom. The van der Waals surface area contributed by atoms with Crippen molar-refractivity contribution in [2.75, 3.05) is 26.2 Å². The molecule has 0 spiro atoms. The van der Waals surface area contributed by atoms with E-state index in [4.69, 9.17) is 0 Å². The van der Waals surface area contributed by atoms with E-state index in [1.807, 2.05) is 24.5 Å². The summed E-state index contributed by atoms with van der Waals surface area (Å²) in [6.07, 6.45) is 5.51. The monoisotopic (exact) mass is 308 g/mol. The van der Waals surface area contributed by atoms with Crippen molar-refractivity contribution in [2.24, 2.45) is 5.10 Å². The van der Waals surface area contributed by atoms with E-state index in [1.54, 1.807) is 6.20 Å². The smallest absolute Gasteiger partial charge is 0.0558 e. The summed E-state index contributed by atoms with van der Waals surface area (Å²) in [7, 11) is 0. The van der Waals surface area contributed by atoms with E-state index in [-0.39, 0.29) is 0 Å². The van der Waals surface area contributed by atoms with Crippen molar-refractivity contribution in [3.63, 3.8) is 0 Å². The zero-order chi connectivity index (χ0) is 16.1. The second-order valence-corrected chi connectivity index (χ2v) is 6.19. The third-order valence-electron chi connectivity index (χ3n) is 4.30. The first-order chi connectivity index (χ1) is 11.2. The molecule has 0 bridgehead atoms. The highest BCUT2D eigenvalue weighted by molar-refractivity contribution is 5.78. The van der Waals surface area contributed by atoms with Gasteiger partial charge in [-0.1, -0.05) is 29.8 Å². The van der Waals surface area contributed by atoms with Crippen LogP contribution in [0.3, 0.4) is 0 Å². The molecule has 0 unspecified atom stereocenters. The van der Waals surface area contributed by atoms with Gasteiger partial charge in [0.25, 0.3) is 0 Å². The first-order valence-corrected chi connectivity index (χ1v) is 8.18. The van der Waals surface area contributed by atoms with Crippen molar-refractivity contribution in [1.82, 2.24) is 14.9 Å². The standard InChI is InChI=1S/C19H24N4/c1-16-5-6-19(17(2)12-16)15-22-8-10-23(11-9-22)21-14-18-4-3-7-20-13-18/h3-7,12-14H,8-11,15H2,1-2H3/b21-14+. The summed E-state index contributed by atoms with van der Waals surface area (Å²) in [5, 5.41) is 6.71. The molecule has 0 saturated carbocycles. The fraction of sp³-hybridized carbons (Fsp3) is 0.368. The molecular weight excluding hydrogens is 284 g/mol. The third kappa shape index (κ3) is 4.39. The number of benzene rings is 1. The van der Waals surface area contributed by atoms with Gasteiger partial charge in [-0.05, 0) is 31.0 Å². The fourth-order valence-corrected chi connectivity index (χ4v) is 2.88. The summed E-state index contributed by atoms with van der Waals surface area (Å²) in [4.78, 5) is 6.61. The van der Waals surface area contributed by atoms with Crippen LogP contribution in [-0.4, -0.2) is 47.3 Å². The van der Waals surface area contributed by atoms with E-state index in [0.29, 0.717) is 0 Å². The summed E-state index contributed by atoms with van der Waals surface area (Å²) in [5.74, 6) is 0. The molecule has 1 fully saturated rings. The molecule has 4 nitrogen and oxygen atoms in total. The zero-order valence-corrected chi connectivity index (χ0v) is 13.9. The molecule has 0 atom stereocenters. The number of hydrogen-bond donors (Lipinski definition) is 0. The van der Waals surface area contributed by atoms with Gasteiger partial charge in [0, 0.05) is 50.7 Å². The van der Waals surface area contributed by atoms with Crippen LogP contribution in [0.2, 0.25) is 0 Å². The lowest BCUT2D eigenvalue weighted by atomic mass is 10.1. The SMILES string of the molecule is Cc1ccc(CN2CCN(/N=C/c3cccnc3)CC2)c(C)c1. The zero-order valence-electron chi connectivity index (χ0n) is 13.9. The molecule has 4 heteroatoms. The molecule has 3 rings (SSSR count). The predicted octanol–water partition coefficient (Wildman–Crippen LogP) is 2.85. The van der Waals surface area contributed by atoms with Crippen molar-refractivity contribution < 1.29 is 0 Å². The molecule has 0 amide bonds. The lowest BCUT2D eigenvalue weighted by Crippen LogP contribution is -2.43. The van der Waals surface area contributed by atoms with Crippen LogP contribution < -0.4 is 0 Å². The van der Waals surface area contributed by atoms with Crippen molar-refractivity contribution in [1.29, 1.82) is 0 Å².